The second-order valence-corrected chi connectivity index (χ2v) is 10.4. The van der Waals surface area contributed by atoms with Gasteiger partial charge in [-0.05, 0) is 33.1 Å². The smallest absolute Gasteiger partial charge is 0.163 e. The lowest BCUT2D eigenvalue weighted by Gasteiger charge is -2.30. The summed E-state index contributed by atoms with van der Waals surface area (Å²) in [6, 6.07) is 23.9. The minimum absolute atomic E-state index is 0.0864. The van der Waals surface area contributed by atoms with Gasteiger partial charge in [-0.25, -0.2) is 0 Å². The van der Waals surface area contributed by atoms with Gasteiger partial charge in [-0.1, -0.05) is 114 Å². The highest BCUT2D eigenvalue weighted by Gasteiger charge is 2.29. The van der Waals surface area contributed by atoms with Gasteiger partial charge in [0.2, 0.25) is 0 Å². The molecule has 162 valence electrons. The molecule has 0 bridgehead atoms. The van der Waals surface area contributed by atoms with Crippen LogP contribution in [0.25, 0.3) is 0 Å². The third kappa shape index (κ3) is 5.25. The zero-order chi connectivity index (χ0) is 22.8. The Morgan fingerprint density at radius 2 is 1.19 bits per heavy atom. The zero-order valence-corrected chi connectivity index (χ0v) is 19.6. The molecule has 3 aromatic rings. The fraction of sp³-hybridized carbons (Fsp3) is 0.345. The Morgan fingerprint density at radius 1 is 0.742 bits per heavy atom. The van der Waals surface area contributed by atoms with Crippen molar-refractivity contribution in [3.63, 3.8) is 0 Å². The molecule has 0 aliphatic heterocycles. The Kier molecular flexibility index (Phi) is 6.40. The summed E-state index contributed by atoms with van der Waals surface area (Å²) < 4.78 is 0. The quantitative estimate of drug-likeness (QED) is 0.442. The summed E-state index contributed by atoms with van der Waals surface area (Å²) in [5, 5.41) is 11.1. The van der Waals surface area contributed by atoms with Crippen LogP contribution in [0.1, 0.15) is 86.5 Å². The van der Waals surface area contributed by atoms with Gasteiger partial charge in [0.05, 0.1) is 0 Å². The van der Waals surface area contributed by atoms with Gasteiger partial charge in [0, 0.05) is 17.9 Å². The van der Waals surface area contributed by atoms with Crippen molar-refractivity contribution in [1.82, 2.24) is 0 Å². The SMILES string of the molecule is CC(C)(C)c1cc(C(CC(=O)c2ccccc2)c2ccccc2)cc(C(C)(C)C)c1O. The van der Waals surface area contributed by atoms with Crippen LogP contribution in [0.2, 0.25) is 0 Å². The molecule has 0 aliphatic carbocycles. The summed E-state index contributed by atoms with van der Waals surface area (Å²) in [5.41, 5.74) is 4.32. The summed E-state index contributed by atoms with van der Waals surface area (Å²) in [6.45, 7) is 12.7. The minimum atomic E-state index is -0.217. The van der Waals surface area contributed by atoms with E-state index in [2.05, 4.69) is 65.8 Å². The van der Waals surface area contributed by atoms with Gasteiger partial charge < -0.3 is 5.11 Å². The number of phenols is 1. The van der Waals surface area contributed by atoms with E-state index in [0.29, 0.717) is 12.2 Å². The van der Waals surface area contributed by atoms with Crippen LogP contribution in [0.15, 0.2) is 72.8 Å². The number of rotatable bonds is 5. The molecule has 1 N–H and O–H groups in total. The van der Waals surface area contributed by atoms with Crippen molar-refractivity contribution >= 4 is 5.78 Å². The highest BCUT2D eigenvalue weighted by atomic mass is 16.3. The van der Waals surface area contributed by atoms with Crippen LogP contribution in [-0.2, 0) is 10.8 Å². The third-order valence-corrected chi connectivity index (χ3v) is 5.84. The predicted octanol–water partition coefficient (Wildman–Crippen LogP) is 7.39. The van der Waals surface area contributed by atoms with Gasteiger partial charge in [-0.15, -0.1) is 0 Å². The average Bonchev–Trinajstić information content (AvgIpc) is 2.72. The highest BCUT2D eigenvalue weighted by molar-refractivity contribution is 5.96. The number of hydrogen-bond donors (Lipinski definition) is 1. The van der Waals surface area contributed by atoms with E-state index in [1.165, 1.54) is 0 Å². The first-order valence-electron chi connectivity index (χ1n) is 11.0. The second kappa shape index (κ2) is 8.70. The van der Waals surface area contributed by atoms with Crippen molar-refractivity contribution in [3.05, 3.63) is 101 Å². The highest BCUT2D eigenvalue weighted by Crippen LogP contribution is 2.42. The number of aromatic hydroxyl groups is 1. The molecule has 3 rings (SSSR count). The number of hydrogen-bond acceptors (Lipinski definition) is 2. The van der Waals surface area contributed by atoms with Crippen LogP contribution in [0.4, 0.5) is 0 Å². The normalized spacial score (nSPS) is 13.1. The average molecular weight is 415 g/mol. The van der Waals surface area contributed by atoms with E-state index in [1.54, 1.807) is 0 Å². The van der Waals surface area contributed by atoms with Crippen molar-refractivity contribution in [2.75, 3.05) is 0 Å². The molecule has 2 heteroatoms. The molecule has 0 heterocycles. The molecule has 1 atom stereocenters. The fourth-order valence-corrected chi connectivity index (χ4v) is 4.04. The summed E-state index contributed by atoms with van der Waals surface area (Å²) in [5.74, 6) is 0.402. The van der Waals surface area contributed by atoms with Gasteiger partial charge in [0.15, 0.2) is 5.78 Å². The summed E-state index contributed by atoms with van der Waals surface area (Å²) in [4.78, 5) is 13.2. The minimum Gasteiger partial charge on any atom is -0.507 e. The van der Waals surface area contributed by atoms with Gasteiger partial charge in [-0.3, -0.25) is 4.79 Å². The van der Waals surface area contributed by atoms with Gasteiger partial charge in [0.25, 0.3) is 0 Å². The van der Waals surface area contributed by atoms with Crippen molar-refractivity contribution in [1.29, 1.82) is 0 Å². The fourth-order valence-electron chi connectivity index (χ4n) is 4.04. The first-order chi connectivity index (χ1) is 14.5. The van der Waals surface area contributed by atoms with Crippen molar-refractivity contribution in [2.45, 2.75) is 64.7 Å². The molecule has 0 amide bonds. The van der Waals surface area contributed by atoms with Gasteiger partial charge in [0.1, 0.15) is 5.75 Å². The summed E-state index contributed by atoms with van der Waals surface area (Å²) in [6.07, 6.45) is 0.381. The van der Waals surface area contributed by atoms with Crippen LogP contribution in [0.5, 0.6) is 5.75 Å². The number of carbonyl (C=O) groups excluding carboxylic acids is 1. The van der Waals surface area contributed by atoms with Gasteiger partial charge >= 0.3 is 0 Å². The molecule has 1 unspecified atom stereocenters. The second-order valence-electron chi connectivity index (χ2n) is 10.4. The van der Waals surface area contributed by atoms with E-state index in [0.717, 1.165) is 27.8 Å². The number of benzene rings is 3. The van der Waals surface area contributed by atoms with Crippen molar-refractivity contribution in [3.8, 4) is 5.75 Å². The van der Waals surface area contributed by atoms with E-state index >= 15 is 0 Å². The topological polar surface area (TPSA) is 37.3 Å². The van der Waals surface area contributed by atoms with Crippen LogP contribution in [0.3, 0.4) is 0 Å². The monoisotopic (exact) mass is 414 g/mol. The Hall–Kier alpha value is -2.87. The molecule has 3 aromatic carbocycles. The Bertz CT molecular complexity index is 1000. The number of carbonyl (C=O) groups is 1. The molecule has 0 fully saturated rings. The van der Waals surface area contributed by atoms with E-state index in [4.69, 9.17) is 0 Å². The molecular weight excluding hydrogens is 380 g/mol. The first kappa shape index (κ1) is 22.8. The maximum Gasteiger partial charge on any atom is 0.163 e. The van der Waals surface area contributed by atoms with Crippen molar-refractivity contribution in [2.24, 2.45) is 0 Å². The zero-order valence-electron chi connectivity index (χ0n) is 19.6. The maximum atomic E-state index is 13.2. The van der Waals surface area contributed by atoms with Crippen LogP contribution in [-0.4, -0.2) is 10.9 Å². The van der Waals surface area contributed by atoms with E-state index < -0.39 is 0 Å². The lowest BCUT2D eigenvalue weighted by atomic mass is 9.75. The Labute approximate surface area is 187 Å². The molecule has 31 heavy (non-hydrogen) atoms. The number of Topliss-reactive ketones (excluding diaryl/α,β-unsaturated/α-hetero) is 1. The largest absolute Gasteiger partial charge is 0.507 e. The van der Waals surface area contributed by atoms with Crippen LogP contribution in [0, 0.1) is 0 Å². The lowest BCUT2D eigenvalue weighted by Crippen LogP contribution is -2.19. The molecule has 0 saturated heterocycles. The van der Waals surface area contributed by atoms with Crippen molar-refractivity contribution < 1.29 is 9.90 Å². The predicted molar refractivity (Wildman–Crippen MR) is 129 cm³/mol. The lowest BCUT2D eigenvalue weighted by molar-refractivity contribution is 0.0977. The molecular formula is C29H34O2. The molecule has 0 aromatic heterocycles. The molecule has 0 radical (unpaired) electrons. The number of ketones is 1. The Morgan fingerprint density at radius 3 is 1.65 bits per heavy atom. The number of phenolic OH excluding ortho intramolecular Hbond substituents is 1. The van der Waals surface area contributed by atoms with E-state index in [9.17, 15) is 9.90 Å². The van der Waals surface area contributed by atoms with Crippen LogP contribution >= 0.6 is 0 Å². The molecule has 0 aliphatic rings. The van der Waals surface area contributed by atoms with E-state index in [-0.39, 0.29) is 22.5 Å². The maximum absolute atomic E-state index is 13.2. The summed E-state index contributed by atoms with van der Waals surface area (Å²) in [7, 11) is 0. The molecule has 0 spiro atoms. The van der Waals surface area contributed by atoms with Gasteiger partial charge in [-0.2, -0.15) is 0 Å². The third-order valence-electron chi connectivity index (χ3n) is 5.84. The van der Waals surface area contributed by atoms with Crippen LogP contribution < -0.4 is 0 Å². The summed E-state index contributed by atoms with van der Waals surface area (Å²) >= 11 is 0. The first-order valence-corrected chi connectivity index (χ1v) is 11.0. The molecule has 0 saturated carbocycles. The molecule has 2 nitrogen and oxygen atoms in total. The Balaban J connectivity index is 2.18. The van der Waals surface area contributed by atoms with E-state index in [1.807, 2.05) is 48.5 Å². The standard InChI is InChI=1S/C29H34O2/c1-28(2,3)24-17-22(18-25(27(24)31)29(4,5)6)23(20-13-9-7-10-14-20)19-26(30)21-15-11-8-12-16-21/h7-18,23,31H,19H2,1-6H3.